The van der Waals surface area contributed by atoms with Gasteiger partial charge in [0.15, 0.2) is 0 Å². The maximum absolute atomic E-state index is 11.6. The fraction of sp³-hybridized carbons (Fsp3) is 0.200. The zero-order valence-corrected chi connectivity index (χ0v) is 9.43. The van der Waals surface area contributed by atoms with Crippen molar-refractivity contribution >= 4 is 29.1 Å². The largest absolute Gasteiger partial charge is 0.336 e. The molecule has 1 aromatic carbocycles. The summed E-state index contributed by atoms with van der Waals surface area (Å²) in [4.78, 5) is 11.6. The molecule has 0 saturated carbocycles. The van der Waals surface area contributed by atoms with Crippen LogP contribution >= 0.6 is 23.2 Å². The van der Waals surface area contributed by atoms with Gasteiger partial charge < -0.3 is 5.32 Å². The summed E-state index contributed by atoms with van der Waals surface area (Å²) in [5.41, 5.74) is 0.270. The lowest BCUT2D eigenvalue weighted by Crippen LogP contribution is -2.31. The van der Waals surface area contributed by atoms with Gasteiger partial charge in [0.25, 0.3) is 5.91 Å². The molecule has 1 unspecified atom stereocenters. The molecule has 0 fully saturated rings. The van der Waals surface area contributed by atoms with Crippen LogP contribution in [0.2, 0.25) is 10.0 Å². The van der Waals surface area contributed by atoms with Gasteiger partial charge in [-0.25, -0.2) is 0 Å². The zero-order valence-electron chi connectivity index (χ0n) is 7.92. The van der Waals surface area contributed by atoms with Crippen molar-refractivity contribution in [3.8, 4) is 6.07 Å². The first-order valence-electron chi connectivity index (χ1n) is 4.20. The molecule has 1 amide bonds. The van der Waals surface area contributed by atoms with Gasteiger partial charge in [0.1, 0.15) is 6.04 Å². The second-order valence-corrected chi connectivity index (χ2v) is 3.79. The van der Waals surface area contributed by atoms with E-state index in [0.29, 0.717) is 10.0 Å². The monoisotopic (exact) mass is 242 g/mol. The minimum atomic E-state index is -0.562. The van der Waals surface area contributed by atoms with Crippen LogP contribution in [0.1, 0.15) is 17.3 Å². The lowest BCUT2D eigenvalue weighted by molar-refractivity contribution is 0.0948. The van der Waals surface area contributed by atoms with Crippen LogP contribution in [0.4, 0.5) is 0 Å². The Morgan fingerprint density at radius 3 is 2.80 bits per heavy atom. The number of nitrogens with zero attached hydrogens (tertiary/aromatic N) is 1. The van der Waals surface area contributed by atoms with Crippen molar-refractivity contribution in [2.45, 2.75) is 13.0 Å². The number of nitriles is 1. The summed E-state index contributed by atoms with van der Waals surface area (Å²) in [5.74, 6) is -0.406. The van der Waals surface area contributed by atoms with Gasteiger partial charge in [0, 0.05) is 5.02 Å². The zero-order chi connectivity index (χ0) is 11.4. The molecule has 3 nitrogen and oxygen atoms in total. The molecule has 1 rings (SSSR count). The number of hydrogen-bond donors (Lipinski definition) is 1. The lowest BCUT2D eigenvalue weighted by atomic mass is 10.2. The Balaban J connectivity index is 2.92. The van der Waals surface area contributed by atoms with Crippen LogP contribution in [0.5, 0.6) is 0 Å². The SMILES string of the molecule is CC(C#N)NC(=O)c1cc(Cl)ccc1Cl. The lowest BCUT2D eigenvalue weighted by Gasteiger charge is -2.07. The van der Waals surface area contributed by atoms with Crippen molar-refractivity contribution in [2.75, 3.05) is 0 Å². The molecular weight excluding hydrogens is 235 g/mol. The van der Waals surface area contributed by atoms with Gasteiger partial charge in [0.05, 0.1) is 16.7 Å². The molecule has 0 heterocycles. The number of carbonyl (C=O) groups excluding carboxylic acids is 1. The molecule has 0 aliphatic rings. The minimum Gasteiger partial charge on any atom is -0.336 e. The van der Waals surface area contributed by atoms with E-state index >= 15 is 0 Å². The number of halogens is 2. The maximum Gasteiger partial charge on any atom is 0.253 e. The Bertz CT molecular complexity index is 426. The molecule has 0 aliphatic heterocycles. The molecule has 0 bridgehead atoms. The van der Waals surface area contributed by atoms with Crippen LogP contribution in [0.3, 0.4) is 0 Å². The molecule has 1 atom stereocenters. The Hall–Kier alpha value is -1.24. The number of rotatable bonds is 2. The van der Waals surface area contributed by atoms with Gasteiger partial charge >= 0.3 is 0 Å². The van der Waals surface area contributed by atoms with Gasteiger partial charge in [-0.15, -0.1) is 0 Å². The average Bonchev–Trinajstić information content (AvgIpc) is 2.21. The van der Waals surface area contributed by atoms with E-state index in [1.54, 1.807) is 13.0 Å². The van der Waals surface area contributed by atoms with Crippen molar-refractivity contribution in [1.29, 1.82) is 5.26 Å². The molecule has 15 heavy (non-hydrogen) atoms. The highest BCUT2D eigenvalue weighted by Crippen LogP contribution is 2.20. The standard InChI is InChI=1S/C10H8Cl2N2O/c1-6(5-13)14-10(15)8-4-7(11)2-3-9(8)12/h2-4,6H,1H3,(H,14,15). The molecule has 0 saturated heterocycles. The number of amides is 1. The van der Waals surface area contributed by atoms with Crippen molar-refractivity contribution in [3.05, 3.63) is 33.8 Å². The molecule has 0 aromatic heterocycles. The van der Waals surface area contributed by atoms with Crippen LogP contribution in [-0.4, -0.2) is 11.9 Å². The average molecular weight is 243 g/mol. The quantitative estimate of drug-likeness (QED) is 0.867. The highest BCUT2D eigenvalue weighted by atomic mass is 35.5. The Labute approximate surface area is 97.6 Å². The van der Waals surface area contributed by atoms with Crippen molar-refractivity contribution in [1.82, 2.24) is 5.32 Å². The van der Waals surface area contributed by atoms with Crippen molar-refractivity contribution < 1.29 is 4.79 Å². The van der Waals surface area contributed by atoms with E-state index in [1.165, 1.54) is 12.1 Å². The number of nitrogens with one attached hydrogen (secondary N) is 1. The second-order valence-electron chi connectivity index (χ2n) is 2.95. The van der Waals surface area contributed by atoms with Crippen LogP contribution in [-0.2, 0) is 0 Å². The second kappa shape index (κ2) is 5.01. The fourth-order valence-electron chi connectivity index (χ4n) is 0.978. The van der Waals surface area contributed by atoms with E-state index in [4.69, 9.17) is 28.5 Å². The van der Waals surface area contributed by atoms with Crippen LogP contribution in [0.15, 0.2) is 18.2 Å². The first-order valence-corrected chi connectivity index (χ1v) is 4.95. The van der Waals surface area contributed by atoms with Gasteiger partial charge in [-0.1, -0.05) is 23.2 Å². The highest BCUT2D eigenvalue weighted by molar-refractivity contribution is 6.35. The first kappa shape index (κ1) is 11.8. The van der Waals surface area contributed by atoms with Gasteiger partial charge in [-0.3, -0.25) is 4.79 Å². The molecule has 5 heteroatoms. The number of hydrogen-bond acceptors (Lipinski definition) is 2. The third-order valence-electron chi connectivity index (χ3n) is 1.71. The summed E-state index contributed by atoms with van der Waals surface area (Å²) in [6.45, 7) is 1.58. The third-order valence-corrected chi connectivity index (χ3v) is 2.28. The molecule has 1 N–H and O–H groups in total. The summed E-state index contributed by atoms with van der Waals surface area (Å²) >= 11 is 11.5. The Morgan fingerprint density at radius 1 is 1.53 bits per heavy atom. The molecule has 0 spiro atoms. The molecule has 1 aromatic rings. The normalized spacial score (nSPS) is 11.6. The molecule has 78 valence electrons. The molecule has 0 aliphatic carbocycles. The summed E-state index contributed by atoms with van der Waals surface area (Å²) in [6.07, 6.45) is 0. The third kappa shape index (κ3) is 3.12. The van der Waals surface area contributed by atoms with E-state index < -0.39 is 11.9 Å². The number of carbonyl (C=O) groups is 1. The predicted molar refractivity (Wildman–Crippen MR) is 59.0 cm³/mol. The Kier molecular flexibility index (Phi) is 3.96. The van der Waals surface area contributed by atoms with Crippen LogP contribution < -0.4 is 5.32 Å². The summed E-state index contributed by atoms with van der Waals surface area (Å²) in [5, 5.41) is 11.7. The number of benzene rings is 1. The van der Waals surface area contributed by atoms with E-state index in [9.17, 15) is 4.79 Å². The first-order chi connectivity index (χ1) is 7.04. The summed E-state index contributed by atoms with van der Waals surface area (Å²) < 4.78 is 0. The van der Waals surface area contributed by atoms with Crippen molar-refractivity contribution in [2.24, 2.45) is 0 Å². The van der Waals surface area contributed by atoms with E-state index in [1.807, 2.05) is 6.07 Å². The minimum absolute atomic E-state index is 0.270. The highest BCUT2D eigenvalue weighted by Gasteiger charge is 2.12. The molecular formula is C10H8Cl2N2O. The Morgan fingerprint density at radius 2 is 2.20 bits per heavy atom. The topological polar surface area (TPSA) is 52.9 Å². The smallest absolute Gasteiger partial charge is 0.253 e. The maximum atomic E-state index is 11.6. The van der Waals surface area contributed by atoms with Crippen molar-refractivity contribution in [3.63, 3.8) is 0 Å². The van der Waals surface area contributed by atoms with E-state index in [-0.39, 0.29) is 5.56 Å². The fourth-order valence-corrected chi connectivity index (χ4v) is 1.35. The van der Waals surface area contributed by atoms with Gasteiger partial charge in [0.2, 0.25) is 0 Å². The molecule has 0 radical (unpaired) electrons. The predicted octanol–water partition coefficient (Wildman–Crippen LogP) is 2.64. The van der Waals surface area contributed by atoms with Crippen LogP contribution in [0, 0.1) is 11.3 Å². The summed E-state index contributed by atoms with van der Waals surface area (Å²) in [6, 6.07) is 5.92. The van der Waals surface area contributed by atoms with E-state index in [0.717, 1.165) is 0 Å². The van der Waals surface area contributed by atoms with Gasteiger partial charge in [-0.05, 0) is 25.1 Å². The van der Waals surface area contributed by atoms with E-state index in [2.05, 4.69) is 5.32 Å². The summed E-state index contributed by atoms with van der Waals surface area (Å²) in [7, 11) is 0. The van der Waals surface area contributed by atoms with Gasteiger partial charge in [-0.2, -0.15) is 5.26 Å². The van der Waals surface area contributed by atoms with Crippen LogP contribution in [0.25, 0.3) is 0 Å².